The standard InChI is InChI=1S/C25H28O2/c1-27-24-19-14-8-7-13(11-14)18(19)23(26)22(24)25(17-5-3-2-4-6-17)20-15-9-10-16(12-15)21(20)25/h2-6,13-16,18-21H,7-12H2,1H3. The molecule has 6 aliphatic carbocycles. The number of carbonyl (C=O) groups excluding carboxylic acids is 1. The lowest BCUT2D eigenvalue weighted by atomic mass is 9.75. The van der Waals surface area contributed by atoms with Crippen molar-refractivity contribution >= 4 is 5.78 Å². The highest BCUT2D eigenvalue weighted by Crippen LogP contribution is 2.80. The summed E-state index contributed by atoms with van der Waals surface area (Å²) in [6.07, 6.45) is 7.99. The van der Waals surface area contributed by atoms with Crippen LogP contribution in [0.4, 0.5) is 0 Å². The molecule has 0 saturated heterocycles. The largest absolute Gasteiger partial charge is 0.500 e. The second-order valence-electron chi connectivity index (χ2n) is 10.3. The molecule has 5 saturated carbocycles. The fourth-order valence-electron chi connectivity index (χ4n) is 9.20. The van der Waals surface area contributed by atoms with Gasteiger partial charge in [0.15, 0.2) is 5.78 Å². The fraction of sp³-hybridized carbons (Fsp3) is 0.640. The van der Waals surface area contributed by atoms with Crippen LogP contribution in [-0.2, 0) is 14.9 Å². The van der Waals surface area contributed by atoms with Gasteiger partial charge in [-0.25, -0.2) is 0 Å². The number of fused-ring (bicyclic) bond motifs is 10. The molecule has 1 aromatic carbocycles. The Balaban J connectivity index is 1.45. The smallest absolute Gasteiger partial charge is 0.167 e. The summed E-state index contributed by atoms with van der Waals surface area (Å²) in [7, 11) is 1.84. The first kappa shape index (κ1) is 15.4. The van der Waals surface area contributed by atoms with E-state index < -0.39 is 0 Å². The Kier molecular flexibility index (Phi) is 2.78. The number of Topliss-reactive ketones (excluding diaryl/α,β-unsaturated/α-hetero) is 1. The SMILES string of the molecule is COC1=C(C2(c3ccccc3)C3C4CCC(C4)C32)C(=O)C2C3CCC(C3)C12. The lowest BCUT2D eigenvalue weighted by molar-refractivity contribution is -0.121. The number of ketones is 1. The highest BCUT2D eigenvalue weighted by molar-refractivity contribution is 6.05. The van der Waals surface area contributed by atoms with Crippen molar-refractivity contribution in [3.8, 4) is 0 Å². The van der Waals surface area contributed by atoms with E-state index in [-0.39, 0.29) is 11.3 Å². The number of rotatable bonds is 3. The van der Waals surface area contributed by atoms with Gasteiger partial charge < -0.3 is 4.74 Å². The minimum Gasteiger partial charge on any atom is -0.500 e. The van der Waals surface area contributed by atoms with Gasteiger partial charge in [0.1, 0.15) is 5.76 Å². The predicted molar refractivity (Wildman–Crippen MR) is 103 cm³/mol. The molecule has 0 spiro atoms. The molecular weight excluding hydrogens is 332 g/mol. The summed E-state index contributed by atoms with van der Waals surface area (Å²) in [6, 6.07) is 11.1. The van der Waals surface area contributed by atoms with Crippen LogP contribution in [0.25, 0.3) is 0 Å². The molecule has 0 N–H and O–H groups in total. The quantitative estimate of drug-likeness (QED) is 0.778. The summed E-state index contributed by atoms with van der Waals surface area (Å²) >= 11 is 0. The van der Waals surface area contributed by atoms with E-state index in [0.717, 1.165) is 23.2 Å². The normalized spacial score (nSPS) is 51.1. The molecule has 2 nitrogen and oxygen atoms in total. The number of hydrogen-bond acceptors (Lipinski definition) is 2. The van der Waals surface area contributed by atoms with E-state index in [9.17, 15) is 4.79 Å². The molecule has 2 heteroatoms. The molecular formula is C25H28O2. The van der Waals surface area contributed by atoms with Crippen molar-refractivity contribution in [2.24, 2.45) is 47.3 Å². The molecule has 0 heterocycles. The first-order chi connectivity index (χ1) is 13.3. The summed E-state index contributed by atoms with van der Waals surface area (Å²) in [6.45, 7) is 0. The van der Waals surface area contributed by atoms with Gasteiger partial charge in [-0.2, -0.15) is 0 Å². The van der Waals surface area contributed by atoms with Crippen LogP contribution in [-0.4, -0.2) is 12.9 Å². The number of allylic oxidation sites excluding steroid dienone is 2. The molecule has 0 amide bonds. The zero-order valence-corrected chi connectivity index (χ0v) is 16.1. The van der Waals surface area contributed by atoms with Crippen LogP contribution in [0.1, 0.15) is 44.1 Å². The van der Waals surface area contributed by atoms with Gasteiger partial charge >= 0.3 is 0 Å². The Morgan fingerprint density at radius 2 is 1.44 bits per heavy atom. The Labute approximate surface area is 161 Å². The molecule has 5 fully saturated rings. The average molecular weight is 360 g/mol. The van der Waals surface area contributed by atoms with Crippen LogP contribution in [0.5, 0.6) is 0 Å². The van der Waals surface area contributed by atoms with Crippen LogP contribution in [0, 0.1) is 47.3 Å². The van der Waals surface area contributed by atoms with E-state index in [2.05, 4.69) is 30.3 Å². The molecule has 8 unspecified atom stereocenters. The number of ether oxygens (including phenoxy) is 1. The van der Waals surface area contributed by atoms with Crippen molar-refractivity contribution < 1.29 is 9.53 Å². The van der Waals surface area contributed by atoms with Gasteiger partial charge in [-0.05, 0) is 79.6 Å². The maximum absolute atomic E-state index is 13.9. The Morgan fingerprint density at radius 1 is 0.852 bits per heavy atom. The first-order valence-corrected chi connectivity index (χ1v) is 11.1. The van der Waals surface area contributed by atoms with E-state index in [1.54, 1.807) is 0 Å². The third-order valence-corrected chi connectivity index (χ3v) is 9.76. The third-order valence-electron chi connectivity index (χ3n) is 9.76. The van der Waals surface area contributed by atoms with Gasteiger partial charge in [0.25, 0.3) is 0 Å². The second-order valence-corrected chi connectivity index (χ2v) is 10.3. The molecule has 140 valence electrons. The van der Waals surface area contributed by atoms with Crippen molar-refractivity contribution in [2.45, 2.75) is 43.9 Å². The molecule has 7 rings (SSSR count). The molecule has 1 aromatic rings. The van der Waals surface area contributed by atoms with E-state index in [0.29, 0.717) is 35.4 Å². The summed E-state index contributed by atoms with van der Waals surface area (Å²) in [5, 5.41) is 0. The van der Waals surface area contributed by atoms with Gasteiger partial charge in [-0.1, -0.05) is 30.3 Å². The summed E-state index contributed by atoms with van der Waals surface area (Å²) < 4.78 is 6.12. The summed E-state index contributed by atoms with van der Waals surface area (Å²) in [5.41, 5.74) is 2.54. The van der Waals surface area contributed by atoms with Crippen LogP contribution < -0.4 is 0 Å². The second kappa shape index (κ2) is 4.88. The molecule has 0 aliphatic heterocycles. The maximum Gasteiger partial charge on any atom is 0.167 e. The highest BCUT2D eigenvalue weighted by Gasteiger charge is 2.79. The number of benzene rings is 1. The molecule has 8 atom stereocenters. The van der Waals surface area contributed by atoms with Crippen molar-refractivity contribution in [1.29, 1.82) is 0 Å². The third kappa shape index (κ3) is 1.57. The topological polar surface area (TPSA) is 26.3 Å². The zero-order chi connectivity index (χ0) is 17.9. The van der Waals surface area contributed by atoms with Gasteiger partial charge in [-0.3, -0.25) is 4.79 Å². The van der Waals surface area contributed by atoms with Gasteiger partial charge in [0.2, 0.25) is 0 Å². The lowest BCUT2D eigenvalue weighted by Gasteiger charge is -2.27. The first-order valence-electron chi connectivity index (χ1n) is 11.1. The zero-order valence-electron chi connectivity index (χ0n) is 16.1. The summed E-state index contributed by atoms with van der Waals surface area (Å²) in [4.78, 5) is 13.9. The van der Waals surface area contributed by atoms with E-state index >= 15 is 0 Å². The van der Waals surface area contributed by atoms with Crippen LogP contribution in [0.15, 0.2) is 41.7 Å². The Morgan fingerprint density at radius 3 is 2.11 bits per heavy atom. The lowest BCUT2D eigenvalue weighted by Crippen LogP contribution is -2.29. The highest BCUT2D eigenvalue weighted by atomic mass is 16.5. The predicted octanol–water partition coefficient (Wildman–Crippen LogP) is 4.75. The molecule has 0 radical (unpaired) electrons. The molecule has 4 bridgehead atoms. The van der Waals surface area contributed by atoms with E-state index in [1.165, 1.54) is 44.1 Å². The number of carbonyl (C=O) groups is 1. The van der Waals surface area contributed by atoms with Crippen molar-refractivity contribution in [3.63, 3.8) is 0 Å². The van der Waals surface area contributed by atoms with Crippen LogP contribution >= 0.6 is 0 Å². The summed E-state index contributed by atoms with van der Waals surface area (Å²) in [5.74, 6) is 6.61. The monoisotopic (exact) mass is 360 g/mol. The van der Waals surface area contributed by atoms with Gasteiger partial charge in [-0.15, -0.1) is 0 Å². The maximum atomic E-state index is 13.9. The molecule has 6 aliphatic rings. The minimum absolute atomic E-state index is 0.0163. The Hall–Kier alpha value is -1.57. The van der Waals surface area contributed by atoms with Gasteiger partial charge in [0, 0.05) is 22.8 Å². The average Bonchev–Trinajstić information content (AvgIpc) is 3.31. The van der Waals surface area contributed by atoms with Crippen molar-refractivity contribution in [1.82, 2.24) is 0 Å². The number of methoxy groups -OCH3 is 1. The molecule has 27 heavy (non-hydrogen) atoms. The number of hydrogen-bond donors (Lipinski definition) is 0. The van der Waals surface area contributed by atoms with Crippen molar-refractivity contribution in [2.75, 3.05) is 7.11 Å². The van der Waals surface area contributed by atoms with Crippen molar-refractivity contribution in [3.05, 3.63) is 47.2 Å². The van der Waals surface area contributed by atoms with Crippen LogP contribution in [0.3, 0.4) is 0 Å². The van der Waals surface area contributed by atoms with E-state index in [1.807, 2.05) is 7.11 Å². The van der Waals surface area contributed by atoms with Gasteiger partial charge in [0.05, 0.1) is 7.11 Å². The molecule has 0 aromatic heterocycles. The minimum atomic E-state index is -0.0163. The van der Waals surface area contributed by atoms with E-state index in [4.69, 9.17) is 4.74 Å². The van der Waals surface area contributed by atoms with Crippen LogP contribution in [0.2, 0.25) is 0 Å². The fourth-order valence-corrected chi connectivity index (χ4v) is 9.20. The Bertz CT molecular complexity index is 852.